The summed E-state index contributed by atoms with van der Waals surface area (Å²) in [6.07, 6.45) is 1.37. The zero-order valence-corrected chi connectivity index (χ0v) is 11.9. The number of hydrogen-bond acceptors (Lipinski definition) is 5. The molecule has 1 aromatic rings. The number of rotatable bonds is 5. The van der Waals surface area contributed by atoms with E-state index in [1.165, 1.54) is 13.1 Å². The Morgan fingerprint density at radius 2 is 2.05 bits per heavy atom. The number of amides is 1. The highest BCUT2D eigenvalue weighted by molar-refractivity contribution is 6.33. The molecule has 7 heteroatoms. The zero-order valence-electron chi connectivity index (χ0n) is 11.1. The van der Waals surface area contributed by atoms with Crippen LogP contribution in [0, 0.1) is 0 Å². The molecule has 0 bridgehead atoms. The molecule has 0 saturated carbocycles. The average Bonchev–Trinajstić information content (AvgIpc) is 2.38. The van der Waals surface area contributed by atoms with Crippen molar-refractivity contribution in [2.24, 2.45) is 0 Å². The normalized spacial score (nSPS) is 11.7. The summed E-state index contributed by atoms with van der Waals surface area (Å²) >= 11 is 5.90. The van der Waals surface area contributed by atoms with Crippen molar-refractivity contribution < 1.29 is 15.0 Å². The molecule has 1 aromatic heterocycles. The van der Waals surface area contributed by atoms with Gasteiger partial charge in [-0.3, -0.25) is 4.79 Å². The van der Waals surface area contributed by atoms with Gasteiger partial charge in [-0.1, -0.05) is 25.4 Å². The maximum atomic E-state index is 12.1. The van der Waals surface area contributed by atoms with E-state index in [0.29, 0.717) is 5.82 Å². The highest BCUT2D eigenvalue weighted by Crippen LogP contribution is 2.17. The molecule has 0 aromatic carbocycles. The van der Waals surface area contributed by atoms with Crippen LogP contribution in [0.1, 0.15) is 43.0 Å². The molecular formula is C12H18ClN3O3. The van der Waals surface area contributed by atoms with Crippen LogP contribution < -0.4 is 5.32 Å². The highest BCUT2D eigenvalue weighted by Gasteiger charge is 2.27. The van der Waals surface area contributed by atoms with Gasteiger partial charge < -0.3 is 15.5 Å². The van der Waals surface area contributed by atoms with Gasteiger partial charge in [-0.25, -0.2) is 9.97 Å². The second-order valence-corrected chi connectivity index (χ2v) is 5.32. The summed E-state index contributed by atoms with van der Waals surface area (Å²) in [6.45, 7) is 4.53. The monoisotopic (exact) mass is 287 g/mol. The Labute approximate surface area is 116 Å². The Hall–Kier alpha value is -1.24. The number of carbonyl (C=O) groups excluding carboxylic acids is 1. The standard InChI is InChI=1S/C12H18ClN3O3/c1-7(2)10-14-4-8(13)9(15-10)11(19)16-12(3,5-17)6-18/h4,7,17-18H,5-6H2,1-3H3,(H,16,19). The first kappa shape index (κ1) is 15.8. The smallest absolute Gasteiger partial charge is 0.272 e. The lowest BCUT2D eigenvalue weighted by Gasteiger charge is -2.26. The molecule has 0 aliphatic rings. The van der Waals surface area contributed by atoms with Gasteiger partial charge in [0.1, 0.15) is 11.5 Å². The van der Waals surface area contributed by atoms with Crippen molar-refractivity contribution in [3.05, 3.63) is 22.7 Å². The topological polar surface area (TPSA) is 95.3 Å². The third-order valence-corrected chi connectivity index (χ3v) is 2.88. The van der Waals surface area contributed by atoms with E-state index < -0.39 is 24.7 Å². The molecule has 0 unspecified atom stereocenters. The van der Waals surface area contributed by atoms with Crippen LogP contribution in [0.4, 0.5) is 0 Å². The van der Waals surface area contributed by atoms with E-state index in [1.54, 1.807) is 0 Å². The lowest BCUT2D eigenvalue weighted by atomic mass is 10.1. The summed E-state index contributed by atoms with van der Waals surface area (Å²) in [5, 5.41) is 20.9. The maximum Gasteiger partial charge on any atom is 0.272 e. The highest BCUT2D eigenvalue weighted by atomic mass is 35.5. The van der Waals surface area contributed by atoms with Gasteiger partial charge in [-0.2, -0.15) is 0 Å². The number of nitrogens with zero attached hydrogens (tertiary/aromatic N) is 2. The van der Waals surface area contributed by atoms with Crippen molar-refractivity contribution >= 4 is 17.5 Å². The molecule has 1 heterocycles. The van der Waals surface area contributed by atoms with Gasteiger partial charge in [0, 0.05) is 5.92 Å². The van der Waals surface area contributed by atoms with Crippen LogP contribution in [-0.2, 0) is 0 Å². The van der Waals surface area contributed by atoms with Crippen LogP contribution in [0.25, 0.3) is 0 Å². The molecular weight excluding hydrogens is 270 g/mol. The van der Waals surface area contributed by atoms with Gasteiger partial charge in [0.05, 0.1) is 30.0 Å². The summed E-state index contributed by atoms with van der Waals surface area (Å²) in [5.41, 5.74) is -1.09. The predicted molar refractivity (Wildman–Crippen MR) is 71.2 cm³/mol. The molecule has 0 saturated heterocycles. The molecule has 106 valence electrons. The Balaban J connectivity index is 3.02. The number of aliphatic hydroxyl groups excluding tert-OH is 2. The number of nitrogens with one attached hydrogen (secondary N) is 1. The van der Waals surface area contributed by atoms with Crippen molar-refractivity contribution in [1.82, 2.24) is 15.3 Å². The minimum atomic E-state index is -1.12. The number of aromatic nitrogens is 2. The molecule has 0 aliphatic heterocycles. The number of halogens is 1. The first-order valence-electron chi connectivity index (χ1n) is 5.89. The SMILES string of the molecule is CC(C)c1ncc(Cl)c(C(=O)NC(C)(CO)CO)n1. The minimum Gasteiger partial charge on any atom is -0.394 e. The molecule has 0 atom stereocenters. The van der Waals surface area contributed by atoms with Crippen LogP contribution >= 0.6 is 11.6 Å². The minimum absolute atomic E-state index is 0.0356. The second-order valence-electron chi connectivity index (χ2n) is 4.91. The summed E-state index contributed by atoms with van der Waals surface area (Å²) in [7, 11) is 0. The van der Waals surface area contributed by atoms with E-state index in [4.69, 9.17) is 21.8 Å². The molecule has 1 amide bonds. The third kappa shape index (κ3) is 3.86. The fourth-order valence-electron chi connectivity index (χ4n) is 1.28. The van der Waals surface area contributed by atoms with Crippen LogP contribution in [0.15, 0.2) is 6.20 Å². The average molecular weight is 288 g/mol. The summed E-state index contributed by atoms with van der Waals surface area (Å²) in [6, 6.07) is 0. The quantitative estimate of drug-likeness (QED) is 0.742. The van der Waals surface area contributed by atoms with Gasteiger partial charge in [-0.15, -0.1) is 0 Å². The fourth-order valence-corrected chi connectivity index (χ4v) is 1.46. The second kappa shape index (κ2) is 6.27. The predicted octanol–water partition coefficient (Wildman–Crippen LogP) is 0.726. The Morgan fingerprint density at radius 3 is 2.53 bits per heavy atom. The van der Waals surface area contributed by atoms with Crippen LogP contribution in [0.2, 0.25) is 5.02 Å². The molecule has 1 rings (SSSR count). The lowest BCUT2D eigenvalue weighted by molar-refractivity contribution is 0.0719. The van der Waals surface area contributed by atoms with E-state index in [9.17, 15) is 4.79 Å². The van der Waals surface area contributed by atoms with Crippen molar-refractivity contribution in [3.8, 4) is 0 Å². The van der Waals surface area contributed by atoms with Gasteiger partial charge in [0.25, 0.3) is 5.91 Å². The van der Waals surface area contributed by atoms with Crippen molar-refractivity contribution in [3.63, 3.8) is 0 Å². The largest absolute Gasteiger partial charge is 0.394 e. The molecule has 19 heavy (non-hydrogen) atoms. The van der Waals surface area contributed by atoms with Crippen LogP contribution in [0.5, 0.6) is 0 Å². The molecule has 6 nitrogen and oxygen atoms in total. The van der Waals surface area contributed by atoms with Gasteiger partial charge in [-0.05, 0) is 6.92 Å². The van der Waals surface area contributed by atoms with Crippen molar-refractivity contribution in [1.29, 1.82) is 0 Å². The maximum absolute atomic E-state index is 12.1. The summed E-state index contributed by atoms with van der Waals surface area (Å²) in [4.78, 5) is 20.2. The van der Waals surface area contributed by atoms with E-state index >= 15 is 0 Å². The van der Waals surface area contributed by atoms with Crippen LogP contribution in [0.3, 0.4) is 0 Å². The van der Waals surface area contributed by atoms with Gasteiger partial charge in [0.2, 0.25) is 0 Å². The van der Waals surface area contributed by atoms with E-state index in [2.05, 4.69) is 15.3 Å². The summed E-state index contributed by atoms with van der Waals surface area (Å²) < 4.78 is 0. The fraction of sp³-hybridized carbons (Fsp3) is 0.583. The number of hydrogen-bond donors (Lipinski definition) is 3. The van der Waals surface area contributed by atoms with Gasteiger partial charge >= 0.3 is 0 Å². The van der Waals surface area contributed by atoms with E-state index in [1.807, 2.05) is 13.8 Å². The van der Waals surface area contributed by atoms with E-state index in [0.717, 1.165) is 0 Å². The number of aliphatic hydroxyl groups is 2. The van der Waals surface area contributed by atoms with E-state index in [-0.39, 0.29) is 16.6 Å². The lowest BCUT2D eigenvalue weighted by Crippen LogP contribution is -2.52. The molecule has 0 fully saturated rings. The third-order valence-electron chi connectivity index (χ3n) is 2.61. The van der Waals surface area contributed by atoms with Crippen molar-refractivity contribution in [2.45, 2.75) is 32.2 Å². The molecule has 3 N–H and O–H groups in total. The first-order valence-corrected chi connectivity index (χ1v) is 6.27. The molecule has 0 spiro atoms. The zero-order chi connectivity index (χ0) is 14.6. The summed E-state index contributed by atoms with van der Waals surface area (Å²) in [5.74, 6) is 0.00929. The van der Waals surface area contributed by atoms with Gasteiger partial charge in [0.15, 0.2) is 0 Å². The Bertz CT molecular complexity index is 462. The Morgan fingerprint density at radius 1 is 1.47 bits per heavy atom. The Kier molecular flexibility index (Phi) is 5.22. The molecule has 0 radical (unpaired) electrons. The first-order chi connectivity index (χ1) is 8.83. The van der Waals surface area contributed by atoms with Crippen molar-refractivity contribution in [2.75, 3.05) is 13.2 Å². The number of carbonyl (C=O) groups is 1. The van der Waals surface area contributed by atoms with Crippen LogP contribution in [-0.4, -0.2) is 44.8 Å². The molecule has 0 aliphatic carbocycles.